The Labute approximate surface area is 164 Å². The van der Waals surface area contributed by atoms with Gasteiger partial charge in [0.05, 0.1) is 5.69 Å². The molecular weight excluding hydrogens is 356 g/mol. The van der Waals surface area contributed by atoms with E-state index in [1.807, 2.05) is 19.1 Å². The van der Waals surface area contributed by atoms with Gasteiger partial charge < -0.3 is 9.47 Å². The lowest BCUT2D eigenvalue weighted by atomic mass is 10.1. The highest BCUT2D eigenvalue weighted by Gasteiger charge is 2.23. The van der Waals surface area contributed by atoms with E-state index in [1.165, 1.54) is 4.88 Å². The van der Waals surface area contributed by atoms with Crippen LogP contribution < -0.4 is 5.32 Å². The summed E-state index contributed by atoms with van der Waals surface area (Å²) in [6.07, 6.45) is 3.10. The van der Waals surface area contributed by atoms with Crippen LogP contribution in [0.25, 0.3) is 10.9 Å². The van der Waals surface area contributed by atoms with Crippen molar-refractivity contribution in [2.45, 2.75) is 46.2 Å². The maximum Gasteiger partial charge on any atom is 0.274 e. The van der Waals surface area contributed by atoms with Gasteiger partial charge in [-0.25, -0.2) is 4.98 Å². The minimum atomic E-state index is -0.0562. The van der Waals surface area contributed by atoms with Crippen molar-refractivity contribution in [1.29, 1.82) is 0 Å². The zero-order valence-corrected chi connectivity index (χ0v) is 17.0. The molecule has 0 bridgehead atoms. The minimum Gasteiger partial charge on any atom is -0.336 e. The van der Waals surface area contributed by atoms with Gasteiger partial charge in [-0.2, -0.15) is 0 Å². The lowest BCUT2D eigenvalue weighted by Crippen LogP contribution is -2.25. The van der Waals surface area contributed by atoms with E-state index in [2.05, 4.69) is 45.9 Å². The molecule has 5 nitrogen and oxygen atoms in total. The quantitative estimate of drug-likeness (QED) is 0.709. The zero-order chi connectivity index (χ0) is 19.0. The van der Waals surface area contributed by atoms with Crippen molar-refractivity contribution in [3.63, 3.8) is 0 Å². The molecule has 1 amide bonds. The number of unbranched alkanes of at least 4 members (excludes halogenated alkanes) is 1. The van der Waals surface area contributed by atoms with Crippen LogP contribution in [-0.2, 0) is 19.5 Å². The number of amides is 1. The molecule has 6 heteroatoms. The summed E-state index contributed by atoms with van der Waals surface area (Å²) < 4.78 is 2.17. The highest BCUT2D eigenvalue weighted by Crippen LogP contribution is 2.30. The van der Waals surface area contributed by atoms with E-state index in [4.69, 9.17) is 0 Å². The van der Waals surface area contributed by atoms with Crippen molar-refractivity contribution in [2.24, 2.45) is 0 Å². The highest BCUT2D eigenvalue weighted by atomic mass is 32.1. The van der Waals surface area contributed by atoms with Crippen LogP contribution in [0.2, 0.25) is 0 Å². The molecule has 0 unspecified atom stereocenters. The average Bonchev–Trinajstić information content (AvgIpc) is 3.18. The molecule has 0 saturated carbocycles. The molecule has 0 fully saturated rings. The van der Waals surface area contributed by atoms with Crippen molar-refractivity contribution >= 4 is 33.3 Å². The van der Waals surface area contributed by atoms with Gasteiger partial charge in [-0.3, -0.25) is 10.1 Å². The van der Waals surface area contributed by atoms with Gasteiger partial charge in [0.1, 0.15) is 5.69 Å². The van der Waals surface area contributed by atoms with Crippen LogP contribution in [0.5, 0.6) is 0 Å². The SMILES string of the molecule is CCCCn1c(C(=O)Nc2nc3c(s2)CN(C)CC3)c(C)c2ccccc21. The van der Waals surface area contributed by atoms with Crippen molar-refractivity contribution < 1.29 is 4.79 Å². The Hall–Kier alpha value is -2.18. The monoisotopic (exact) mass is 382 g/mol. The zero-order valence-electron chi connectivity index (χ0n) is 16.2. The van der Waals surface area contributed by atoms with Crippen molar-refractivity contribution in [1.82, 2.24) is 14.5 Å². The molecule has 0 atom stereocenters. The van der Waals surface area contributed by atoms with Gasteiger partial charge in [0, 0.05) is 41.8 Å². The third-order valence-electron chi connectivity index (χ3n) is 5.32. The molecule has 0 spiro atoms. The predicted molar refractivity (Wildman–Crippen MR) is 112 cm³/mol. The highest BCUT2D eigenvalue weighted by molar-refractivity contribution is 7.15. The lowest BCUT2D eigenvalue weighted by molar-refractivity contribution is 0.101. The predicted octanol–water partition coefficient (Wildman–Crippen LogP) is 4.45. The Kier molecular flexibility index (Phi) is 5.02. The summed E-state index contributed by atoms with van der Waals surface area (Å²) in [6.45, 7) is 7.01. The topological polar surface area (TPSA) is 50.2 Å². The Morgan fingerprint density at radius 1 is 1.33 bits per heavy atom. The fourth-order valence-electron chi connectivity index (χ4n) is 3.85. The second-order valence-corrected chi connectivity index (χ2v) is 8.41. The van der Waals surface area contributed by atoms with Crippen molar-refractivity contribution in [3.8, 4) is 0 Å². The van der Waals surface area contributed by atoms with E-state index in [1.54, 1.807) is 11.3 Å². The molecule has 0 saturated heterocycles. The number of nitrogens with one attached hydrogen (secondary N) is 1. The normalized spacial score (nSPS) is 14.5. The number of carbonyl (C=O) groups excluding carboxylic acids is 1. The number of aromatic nitrogens is 2. The van der Waals surface area contributed by atoms with Gasteiger partial charge in [-0.15, -0.1) is 11.3 Å². The first-order chi connectivity index (χ1) is 13.1. The molecule has 0 radical (unpaired) electrons. The number of hydrogen-bond acceptors (Lipinski definition) is 4. The summed E-state index contributed by atoms with van der Waals surface area (Å²) in [6, 6.07) is 8.28. The lowest BCUT2D eigenvalue weighted by Gasteiger charge is -2.20. The Balaban J connectivity index is 1.67. The average molecular weight is 383 g/mol. The van der Waals surface area contributed by atoms with E-state index < -0.39 is 0 Å². The number of aryl methyl sites for hydroxylation is 2. The first-order valence-electron chi connectivity index (χ1n) is 9.64. The first kappa shape index (κ1) is 18.2. The molecular formula is C21H26N4OS. The van der Waals surface area contributed by atoms with Gasteiger partial charge in [-0.1, -0.05) is 31.5 Å². The second kappa shape index (κ2) is 7.44. The number of thiazole rings is 1. The largest absolute Gasteiger partial charge is 0.336 e. The molecule has 1 aromatic carbocycles. The Bertz CT molecular complexity index is 988. The third kappa shape index (κ3) is 3.39. The molecule has 1 aliphatic heterocycles. The maximum absolute atomic E-state index is 13.2. The molecule has 2 aromatic heterocycles. The van der Waals surface area contributed by atoms with Gasteiger partial charge in [-0.05, 0) is 32.0 Å². The molecule has 3 aromatic rings. The molecule has 1 N–H and O–H groups in total. The summed E-state index contributed by atoms with van der Waals surface area (Å²) in [7, 11) is 2.12. The molecule has 4 rings (SSSR count). The molecule has 3 heterocycles. The second-order valence-electron chi connectivity index (χ2n) is 7.33. The van der Waals surface area contributed by atoms with Crippen LogP contribution >= 0.6 is 11.3 Å². The molecule has 27 heavy (non-hydrogen) atoms. The first-order valence-corrected chi connectivity index (χ1v) is 10.5. The third-order valence-corrected chi connectivity index (χ3v) is 6.31. The number of likely N-dealkylation sites (N-methyl/N-ethyl adjacent to an activating group) is 1. The molecule has 0 aliphatic carbocycles. The minimum absolute atomic E-state index is 0.0562. The number of hydrogen-bond donors (Lipinski definition) is 1. The summed E-state index contributed by atoms with van der Waals surface area (Å²) >= 11 is 1.60. The molecule has 1 aliphatic rings. The van der Waals surface area contributed by atoms with E-state index >= 15 is 0 Å². The van der Waals surface area contributed by atoms with E-state index in [9.17, 15) is 4.79 Å². The van der Waals surface area contributed by atoms with Crippen molar-refractivity contribution in [3.05, 3.63) is 46.1 Å². The standard InChI is InChI=1S/C21H26N4OS/c1-4-5-11-25-17-9-7-6-8-15(17)14(2)19(25)20(26)23-21-22-16-10-12-24(3)13-18(16)27-21/h6-9H,4-5,10-13H2,1-3H3,(H,22,23,26). The van der Waals surface area contributed by atoms with E-state index in [0.29, 0.717) is 5.13 Å². The summed E-state index contributed by atoms with van der Waals surface area (Å²) in [5.74, 6) is -0.0562. The van der Waals surface area contributed by atoms with Gasteiger partial charge in [0.15, 0.2) is 5.13 Å². The number of para-hydroxylation sites is 1. The summed E-state index contributed by atoms with van der Waals surface area (Å²) in [4.78, 5) is 21.4. The summed E-state index contributed by atoms with van der Waals surface area (Å²) in [5, 5.41) is 4.94. The Morgan fingerprint density at radius 3 is 2.96 bits per heavy atom. The summed E-state index contributed by atoms with van der Waals surface area (Å²) in [5.41, 5.74) is 4.07. The number of fused-ring (bicyclic) bond motifs is 2. The number of carbonyl (C=O) groups is 1. The van der Waals surface area contributed by atoms with Crippen LogP contribution in [0.4, 0.5) is 5.13 Å². The number of benzene rings is 1. The van der Waals surface area contributed by atoms with E-state index in [-0.39, 0.29) is 5.91 Å². The van der Waals surface area contributed by atoms with Gasteiger partial charge in [0.2, 0.25) is 0 Å². The Morgan fingerprint density at radius 2 is 2.15 bits per heavy atom. The number of anilines is 1. The fraction of sp³-hybridized carbons (Fsp3) is 0.429. The molecule has 142 valence electrons. The fourth-order valence-corrected chi connectivity index (χ4v) is 4.93. The number of rotatable bonds is 5. The van der Waals surface area contributed by atoms with Crippen LogP contribution in [0.3, 0.4) is 0 Å². The van der Waals surface area contributed by atoms with Gasteiger partial charge >= 0.3 is 0 Å². The van der Waals surface area contributed by atoms with Gasteiger partial charge in [0.25, 0.3) is 5.91 Å². The van der Waals surface area contributed by atoms with Crippen LogP contribution in [0.15, 0.2) is 24.3 Å². The smallest absolute Gasteiger partial charge is 0.274 e. The van der Waals surface area contributed by atoms with Crippen molar-refractivity contribution in [2.75, 3.05) is 18.9 Å². The van der Waals surface area contributed by atoms with Crippen LogP contribution in [0.1, 0.15) is 46.4 Å². The van der Waals surface area contributed by atoms with Crippen LogP contribution in [-0.4, -0.2) is 34.0 Å². The maximum atomic E-state index is 13.2. The van der Waals surface area contributed by atoms with Crippen LogP contribution in [0, 0.1) is 6.92 Å². The number of nitrogens with zero attached hydrogens (tertiary/aromatic N) is 3. The van der Waals surface area contributed by atoms with E-state index in [0.717, 1.165) is 66.8 Å².